The Morgan fingerprint density at radius 2 is 2.13 bits per heavy atom. The lowest BCUT2D eigenvalue weighted by Gasteiger charge is -2.44. The zero-order chi connectivity index (χ0) is 20.3. The summed E-state index contributed by atoms with van der Waals surface area (Å²) >= 11 is 1.55. The van der Waals surface area contributed by atoms with Crippen molar-refractivity contribution in [2.45, 2.75) is 43.6 Å². The topological polar surface area (TPSA) is 81.9 Å². The van der Waals surface area contributed by atoms with E-state index < -0.39 is 0 Å². The standard InChI is InChI=1S/C21H23N5O3S/c1-28-20(27)18-10-14-17(30-18)4-9-29-21(14)5-7-25(8-6-21)16-11-15(13-2-3-13)24-26-12-22-23-19(16)26/h10-13H,2-9H2,1H3. The van der Waals surface area contributed by atoms with Crippen LogP contribution in [0.2, 0.25) is 0 Å². The van der Waals surface area contributed by atoms with Crippen molar-refractivity contribution >= 4 is 28.6 Å². The minimum atomic E-state index is -0.316. The highest BCUT2D eigenvalue weighted by molar-refractivity contribution is 7.14. The molecule has 3 aromatic rings. The molecule has 30 heavy (non-hydrogen) atoms. The van der Waals surface area contributed by atoms with Gasteiger partial charge in [-0.25, -0.2) is 4.79 Å². The van der Waals surface area contributed by atoms with Gasteiger partial charge in [0.1, 0.15) is 11.2 Å². The van der Waals surface area contributed by atoms with Crippen LogP contribution < -0.4 is 4.90 Å². The second-order valence-corrected chi connectivity index (χ2v) is 9.48. The molecule has 0 unspecified atom stereocenters. The summed E-state index contributed by atoms with van der Waals surface area (Å²) in [4.78, 5) is 16.4. The lowest BCUT2D eigenvalue weighted by Crippen LogP contribution is -2.46. The van der Waals surface area contributed by atoms with Crippen molar-refractivity contribution < 1.29 is 14.3 Å². The first kappa shape index (κ1) is 18.3. The van der Waals surface area contributed by atoms with Crippen LogP contribution in [0.3, 0.4) is 0 Å². The minimum Gasteiger partial charge on any atom is -0.465 e. The van der Waals surface area contributed by atoms with Gasteiger partial charge >= 0.3 is 5.97 Å². The summed E-state index contributed by atoms with van der Waals surface area (Å²) < 4.78 is 13.1. The molecule has 0 aromatic carbocycles. The van der Waals surface area contributed by atoms with Crippen molar-refractivity contribution in [3.05, 3.63) is 39.5 Å². The summed E-state index contributed by atoms with van der Waals surface area (Å²) in [5.41, 5.74) is 3.91. The number of nitrogens with zero attached hydrogens (tertiary/aromatic N) is 5. The van der Waals surface area contributed by atoms with Gasteiger partial charge in [-0.15, -0.1) is 21.5 Å². The number of piperidine rings is 1. The first-order valence-corrected chi connectivity index (χ1v) is 11.3. The molecule has 156 valence electrons. The van der Waals surface area contributed by atoms with E-state index in [4.69, 9.17) is 14.6 Å². The maximum absolute atomic E-state index is 12.0. The largest absolute Gasteiger partial charge is 0.465 e. The zero-order valence-corrected chi connectivity index (χ0v) is 17.7. The van der Waals surface area contributed by atoms with Crippen LogP contribution in [-0.4, -0.2) is 52.6 Å². The van der Waals surface area contributed by atoms with E-state index in [1.165, 1.54) is 30.4 Å². The number of thiophene rings is 1. The van der Waals surface area contributed by atoms with Crippen LogP contribution in [0.1, 0.15) is 57.4 Å². The molecule has 2 fully saturated rings. The molecule has 3 aliphatic rings. The summed E-state index contributed by atoms with van der Waals surface area (Å²) in [6, 6.07) is 4.20. The minimum absolute atomic E-state index is 0.263. The average molecular weight is 426 g/mol. The number of fused-ring (bicyclic) bond motifs is 3. The first-order chi connectivity index (χ1) is 14.7. The van der Waals surface area contributed by atoms with Crippen LogP contribution in [-0.2, 0) is 21.5 Å². The first-order valence-electron chi connectivity index (χ1n) is 10.5. The lowest BCUT2D eigenvalue weighted by atomic mass is 9.82. The van der Waals surface area contributed by atoms with Gasteiger partial charge in [-0.3, -0.25) is 0 Å². The molecule has 8 nitrogen and oxygen atoms in total. The van der Waals surface area contributed by atoms with Crippen LogP contribution in [0, 0.1) is 0 Å². The van der Waals surface area contributed by atoms with Gasteiger partial charge in [0.05, 0.1) is 30.7 Å². The summed E-state index contributed by atoms with van der Waals surface area (Å²) in [6.45, 7) is 2.42. The van der Waals surface area contributed by atoms with Crippen LogP contribution in [0.25, 0.3) is 5.65 Å². The second kappa shape index (κ2) is 6.75. The number of hydrogen-bond acceptors (Lipinski definition) is 8. The summed E-state index contributed by atoms with van der Waals surface area (Å²) in [7, 11) is 1.43. The number of carbonyl (C=O) groups excluding carboxylic acids is 1. The fraction of sp³-hybridized carbons (Fsp3) is 0.524. The van der Waals surface area contributed by atoms with E-state index >= 15 is 0 Å². The normalized spacial score (nSPS) is 20.5. The number of hydrogen-bond donors (Lipinski definition) is 0. The van der Waals surface area contributed by atoms with E-state index in [1.54, 1.807) is 17.7 Å². The average Bonchev–Trinajstić information content (AvgIpc) is 3.34. The van der Waals surface area contributed by atoms with Crippen LogP contribution in [0.5, 0.6) is 0 Å². The highest BCUT2D eigenvalue weighted by Crippen LogP contribution is 2.46. The Kier molecular flexibility index (Phi) is 4.11. The molecular weight excluding hydrogens is 402 g/mol. The number of methoxy groups -OCH3 is 1. The number of aromatic nitrogens is 4. The number of esters is 1. The molecule has 1 aliphatic carbocycles. The molecule has 6 rings (SSSR count). The molecule has 1 saturated heterocycles. The van der Waals surface area contributed by atoms with Crippen LogP contribution in [0.15, 0.2) is 18.5 Å². The molecule has 0 amide bonds. The maximum Gasteiger partial charge on any atom is 0.348 e. The molecular formula is C21H23N5O3S. The van der Waals surface area contributed by atoms with E-state index in [0.29, 0.717) is 17.4 Å². The SMILES string of the molecule is COC(=O)c1cc2c(s1)CCOC21CCN(c2cc(C3CC3)nn3cnnc23)CC1. The van der Waals surface area contributed by atoms with Gasteiger partial charge in [-0.1, -0.05) is 0 Å². The third kappa shape index (κ3) is 2.83. The summed E-state index contributed by atoms with van der Waals surface area (Å²) in [6.07, 6.45) is 6.71. The van der Waals surface area contributed by atoms with Crippen LogP contribution >= 0.6 is 11.3 Å². The Morgan fingerprint density at radius 3 is 2.90 bits per heavy atom. The van der Waals surface area contributed by atoms with Gasteiger partial charge in [0.25, 0.3) is 0 Å². The fourth-order valence-electron chi connectivity index (χ4n) is 4.78. The van der Waals surface area contributed by atoms with Crippen molar-refractivity contribution in [3.63, 3.8) is 0 Å². The van der Waals surface area contributed by atoms with Gasteiger partial charge < -0.3 is 14.4 Å². The molecule has 5 heterocycles. The number of anilines is 1. The van der Waals surface area contributed by atoms with Crippen molar-refractivity contribution in [2.75, 3.05) is 31.7 Å². The molecule has 1 spiro atoms. The number of ether oxygens (including phenoxy) is 2. The van der Waals surface area contributed by atoms with E-state index in [1.807, 2.05) is 10.6 Å². The van der Waals surface area contributed by atoms with Gasteiger partial charge in [-0.2, -0.15) is 9.61 Å². The third-order valence-corrected chi connectivity index (χ3v) is 7.74. The quantitative estimate of drug-likeness (QED) is 0.597. The van der Waals surface area contributed by atoms with Crippen molar-refractivity contribution in [2.24, 2.45) is 0 Å². The summed E-state index contributed by atoms with van der Waals surface area (Å²) in [5.74, 6) is 0.305. The van der Waals surface area contributed by atoms with Gasteiger partial charge in [-0.05, 0) is 43.4 Å². The number of carbonyl (C=O) groups is 1. The Bertz CT molecular complexity index is 1130. The van der Waals surface area contributed by atoms with Crippen molar-refractivity contribution in [1.82, 2.24) is 19.8 Å². The highest BCUT2D eigenvalue weighted by atomic mass is 32.1. The monoisotopic (exact) mass is 425 g/mol. The van der Waals surface area contributed by atoms with Crippen molar-refractivity contribution in [3.8, 4) is 0 Å². The van der Waals surface area contributed by atoms with E-state index in [0.717, 1.165) is 49.4 Å². The Morgan fingerprint density at radius 1 is 1.30 bits per heavy atom. The van der Waals surface area contributed by atoms with Gasteiger partial charge in [0.2, 0.25) is 5.65 Å². The van der Waals surface area contributed by atoms with Crippen molar-refractivity contribution in [1.29, 1.82) is 0 Å². The molecule has 9 heteroatoms. The Labute approximate surface area is 177 Å². The lowest BCUT2D eigenvalue weighted by molar-refractivity contribution is -0.0756. The predicted molar refractivity (Wildman–Crippen MR) is 111 cm³/mol. The molecule has 1 saturated carbocycles. The van der Waals surface area contributed by atoms with E-state index in [2.05, 4.69) is 21.2 Å². The third-order valence-electron chi connectivity index (χ3n) is 6.57. The van der Waals surface area contributed by atoms with Gasteiger partial charge in [0.15, 0.2) is 0 Å². The van der Waals surface area contributed by atoms with E-state index in [9.17, 15) is 4.79 Å². The fourth-order valence-corrected chi connectivity index (χ4v) is 5.93. The molecule has 0 N–H and O–H groups in total. The second-order valence-electron chi connectivity index (χ2n) is 8.35. The molecule has 0 bridgehead atoms. The van der Waals surface area contributed by atoms with Gasteiger partial charge in [0, 0.05) is 30.3 Å². The maximum atomic E-state index is 12.0. The summed E-state index contributed by atoms with van der Waals surface area (Å²) in [5, 5.41) is 13.1. The zero-order valence-electron chi connectivity index (χ0n) is 16.8. The number of rotatable bonds is 3. The predicted octanol–water partition coefficient (Wildman–Crippen LogP) is 2.92. The Hall–Kier alpha value is -2.52. The molecule has 0 radical (unpaired) electrons. The Balaban J connectivity index is 1.30. The van der Waals surface area contributed by atoms with Crippen LogP contribution in [0.4, 0.5) is 5.69 Å². The van der Waals surface area contributed by atoms with E-state index in [-0.39, 0.29) is 11.6 Å². The molecule has 0 atom stereocenters. The highest BCUT2D eigenvalue weighted by Gasteiger charge is 2.43. The smallest absolute Gasteiger partial charge is 0.348 e. The molecule has 2 aliphatic heterocycles. The molecule has 3 aromatic heterocycles.